The molecule has 8 heteroatoms. The van der Waals surface area contributed by atoms with Gasteiger partial charge in [0, 0.05) is 55.2 Å². The van der Waals surface area contributed by atoms with Crippen LogP contribution in [0, 0.1) is 0 Å². The van der Waals surface area contributed by atoms with Crippen molar-refractivity contribution in [2.24, 2.45) is 0 Å². The third-order valence-corrected chi connectivity index (χ3v) is 47.0. The lowest BCUT2D eigenvalue weighted by Gasteiger charge is -2.38. The topological polar surface area (TPSA) is 0 Å². The van der Waals surface area contributed by atoms with Gasteiger partial charge in [-0.05, 0) is 127 Å². The van der Waals surface area contributed by atoms with Crippen LogP contribution in [0.5, 0.6) is 0 Å². The van der Waals surface area contributed by atoms with E-state index in [1.165, 1.54) is 17.9 Å². The first-order valence-corrected chi connectivity index (χ1v) is 37.5. The maximum absolute atomic E-state index is 2.85. The first-order chi connectivity index (χ1) is 26.2. The van der Waals surface area contributed by atoms with Crippen LogP contribution in [0.2, 0.25) is 72.5 Å². The minimum Gasteiger partial charge on any atom is -0.144 e. The van der Waals surface area contributed by atoms with Crippen LogP contribution in [-0.2, 0) is 12.8 Å². The van der Waals surface area contributed by atoms with Crippen molar-refractivity contribution in [2.45, 2.75) is 168 Å². The van der Waals surface area contributed by atoms with E-state index in [9.17, 15) is 0 Å². The third kappa shape index (κ3) is 5.91. The van der Waals surface area contributed by atoms with Crippen LogP contribution in [0.3, 0.4) is 0 Å². The fourth-order valence-corrected chi connectivity index (χ4v) is 24.7. The monoisotopic (exact) mass is 1100 g/mol. The van der Waals surface area contributed by atoms with Gasteiger partial charge in [-0.3, -0.25) is 0 Å². The molecule has 4 aliphatic rings. The number of hydrogen-bond donors (Lipinski definition) is 0. The number of benzene rings is 2. The molecule has 2 aromatic heterocycles. The molecule has 0 N–H and O–H groups in total. The molecule has 310 valence electrons. The second kappa shape index (κ2) is 13.1. The summed E-state index contributed by atoms with van der Waals surface area (Å²) in [5.41, 5.74) is 15.9. The molecule has 0 radical (unpaired) electrons. The highest BCUT2D eigenvalue weighted by Crippen LogP contribution is 2.66. The zero-order valence-corrected chi connectivity index (χ0v) is 49.2. The lowest BCUT2D eigenvalue weighted by atomic mass is 9.88. The molecule has 0 atom stereocenters. The summed E-state index contributed by atoms with van der Waals surface area (Å²) in [6, 6.07) is 5.38. The van der Waals surface area contributed by atoms with Crippen LogP contribution in [0.25, 0.3) is 50.6 Å². The van der Waals surface area contributed by atoms with E-state index in [2.05, 4.69) is 228 Å². The summed E-state index contributed by atoms with van der Waals surface area (Å²) in [5, 5.41) is 7.69. The van der Waals surface area contributed by atoms with E-state index in [0.29, 0.717) is 10.1 Å². The van der Waals surface area contributed by atoms with Gasteiger partial charge in [-0.2, -0.15) is 0 Å². The lowest BCUT2D eigenvalue weighted by Crippen LogP contribution is -2.47. The fraction of sp³-hybridized carbons (Fsp3) is 0.520. The standard InChI is InChI=1S/C50H68I2S2Si4/c1-47(2,3)55(13,14)27-21-29-30-22-28(56(15,16)48(4,5)6)24-32(30)38-37(31(29)23-27)39-40(43(38)51)41-42(44(39)52)46-34(26-36(54-46)58(19,20)50(10,11)12)33-25-35(53-45(33)41)57(17,18)49(7,8)9/h21-22,25-26H,23-24H2,1-20H3. The van der Waals surface area contributed by atoms with Crippen molar-refractivity contribution in [2.75, 3.05) is 0 Å². The number of allylic oxidation sites excluding steroid dienone is 4. The smallest absolute Gasteiger partial charge is 0.0987 e. The predicted octanol–water partition coefficient (Wildman–Crippen LogP) is 17.5. The summed E-state index contributed by atoms with van der Waals surface area (Å²) >= 11 is 10.0. The van der Waals surface area contributed by atoms with E-state index >= 15 is 0 Å². The Kier molecular flexibility index (Phi) is 10.0. The van der Waals surface area contributed by atoms with Crippen molar-refractivity contribution >= 4 is 160 Å². The number of thiophene rings is 2. The van der Waals surface area contributed by atoms with Gasteiger partial charge in [0.2, 0.25) is 0 Å². The summed E-state index contributed by atoms with van der Waals surface area (Å²) in [5.74, 6) is 0. The Balaban J connectivity index is 1.47. The van der Waals surface area contributed by atoms with Crippen LogP contribution >= 0.6 is 67.9 Å². The normalized spacial score (nSPS) is 17.8. The highest BCUT2D eigenvalue weighted by molar-refractivity contribution is 14.1. The van der Waals surface area contributed by atoms with Gasteiger partial charge in [0.25, 0.3) is 0 Å². The maximum atomic E-state index is 2.85. The molecule has 0 saturated carbocycles. The third-order valence-electron chi connectivity index (χ3n) is 17.6. The molecule has 0 fully saturated rings. The predicted molar refractivity (Wildman–Crippen MR) is 297 cm³/mol. The van der Waals surface area contributed by atoms with Crippen LogP contribution in [0.15, 0.2) is 22.5 Å². The van der Waals surface area contributed by atoms with Crippen LogP contribution < -0.4 is 9.00 Å². The molecule has 4 aliphatic carbocycles. The summed E-state index contributed by atoms with van der Waals surface area (Å²) in [6.07, 6.45) is 7.70. The molecule has 0 unspecified atom stereocenters. The molecule has 0 amide bonds. The molecule has 2 heterocycles. The van der Waals surface area contributed by atoms with E-state index in [1.807, 2.05) is 0 Å². The van der Waals surface area contributed by atoms with Gasteiger partial charge in [0.05, 0.1) is 32.3 Å². The second-order valence-electron chi connectivity index (χ2n) is 24.6. The van der Waals surface area contributed by atoms with Crippen LogP contribution in [0.1, 0.15) is 128 Å². The molecular formula is C50H68I2S2Si4. The molecule has 4 aromatic rings. The second-order valence-corrected chi connectivity index (χ2v) is 50.9. The zero-order valence-electron chi connectivity index (χ0n) is 39.3. The fourth-order valence-electron chi connectivity index (χ4n) is 9.23. The Morgan fingerprint density at radius 3 is 1.16 bits per heavy atom. The van der Waals surface area contributed by atoms with Crippen molar-refractivity contribution in [1.29, 1.82) is 0 Å². The van der Waals surface area contributed by atoms with Gasteiger partial charge >= 0.3 is 0 Å². The van der Waals surface area contributed by atoms with E-state index in [1.54, 1.807) is 84.4 Å². The Morgan fingerprint density at radius 1 is 0.448 bits per heavy atom. The van der Waals surface area contributed by atoms with Crippen LogP contribution in [0.4, 0.5) is 0 Å². The largest absolute Gasteiger partial charge is 0.144 e. The molecule has 0 spiro atoms. The summed E-state index contributed by atoms with van der Waals surface area (Å²) < 4.78 is 9.44. The van der Waals surface area contributed by atoms with Crippen molar-refractivity contribution < 1.29 is 0 Å². The van der Waals surface area contributed by atoms with Gasteiger partial charge < -0.3 is 0 Å². The first-order valence-electron chi connectivity index (χ1n) is 21.7. The van der Waals surface area contributed by atoms with E-state index in [0.717, 1.165) is 12.8 Å². The highest BCUT2D eigenvalue weighted by atomic mass is 127. The number of rotatable bonds is 4. The van der Waals surface area contributed by atoms with E-state index < -0.39 is 32.3 Å². The molecule has 0 bridgehead atoms. The van der Waals surface area contributed by atoms with Gasteiger partial charge in [-0.1, -0.05) is 158 Å². The molecular weight excluding hydrogens is 1030 g/mol. The SMILES string of the molecule is CC(C)(C)[Si](C)(C)C1=Cc2c3c(c4c(c2C1)C(I)=C1C4=C(I)c2c1c1sc([Si](C)(C)C(C)(C)C)cc1c1cc([Si](C)(C)C(C)(C)C)sc21)CC([Si](C)(C)C(C)(C)C)=C3. The molecule has 2 aromatic carbocycles. The minimum absolute atomic E-state index is 0.275. The van der Waals surface area contributed by atoms with Gasteiger partial charge in [-0.15, -0.1) is 22.7 Å². The first kappa shape index (κ1) is 44.3. The molecule has 0 nitrogen and oxygen atoms in total. The van der Waals surface area contributed by atoms with Crippen LogP contribution in [-0.4, -0.2) is 32.3 Å². The average molecular weight is 1100 g/mol. The molecule has 58 heavy (non-hydrogen) atoms. The summed E-state index contributed by atoms with van der Waals surface area (Å²) in [4.78, 5) is 0. The van der Waals surface area contributed by atoms with Gasteiger partial charge in [0.15, 0.2) is 0 Å². The molecule has 0 aliphatic heterocycles. The zero-order chi connectivity index (χ0) is 43.2. The summed E-state index contributed by atoms with van der Waals surface area (Å²) in [7, 11) is -7.06. The summed E-state index contributed by atoms with van der Waals surface area (Å²) in [6.45, 7) is 51.0. The van der Waals surface area contributed by atoms with Crippen molar-refractivity contribution in [3.8, 4) is 0 Å². The van der Waals surface area contributed by atoms with Gasteiger partial charge in [-0.25, -0.2) is 0 Å². The highest BCUT2D eigenvalue weighted by Gasteiger charge is 2.49. The molecule has 8 rings (SSSR count). The van der Waals surface area contributed by atoms with Crippen molar-refractivity contribution in [1.82, 2.24) is 0 Å². The molecule has 0 saturated heterocycles. The lowest BCUT2D eigenvalue weighted by molar-refractivity contribution is 0.723. The van der Waals surface area contributed by atoms with Gasteiger partial charge in [0.1, 0.15) is 0 Å². The number of halogens is 2. The Morgan fingerprint density at radius 2 is 0.776 bits per heavy atom. The number of fused-ring (bicyclic) bond motifs is 15. The Hall–Kier alpha value is -0.352. The minimum atomic E-state index is -1.79. The maximum Gasteiger partial charge on any atom is 0.0987 e. The van der Waals surface area contributed by atoms with Crippen molar-refractivity contribution in [3.63, 3.8) is 0 Å². The number of hydrogen-bond acceptors (Lipinski definition) is 2. The Labute approximate surface area is 391 Å². The van der Waals surface area contributed by atoms with E-state index in [-0.39, 0.29) is 10.1 Å². The Bertz CT molecular complexity index is 2660. The average Bonchev–Trinajstić information content (AvgIpc) is 3.89. The van der Waals surface area contributed by atoms with Crippen molar-refractivity contribution in [3.05, 3.63) is 67.0 Å². The van der Waals surface area contributed by atoms with E-state index in [4.69, 9.17) is 0 Å². The quantitative estimate of drug-likeness (QED) is 0.141.